The van der Waals surface area contributed by atoms with E-state index in [1.165, 1.54) is 18.2 Å². The maximum Gasteiger partial charge on any atom is 2.00 e. The second kappa shape index (κ2) is 10.2. The summed E-state index contributed by atoms with van der Waals surface area (Å²) < 4.78 is 22.3. The topological polar surface area (TPSA) is 89.3 Å². The SMILES string of the molecule is NS(=O)(=O)c1cccc(NC(=O)[C]2[CH][CH][CH][CH]2)c1.[CH]1[CH][CH][CH][CH]1.[Fe+2]. The first-order chi connectivity index (χ1) is 11.0. The number of carbonyl (C=O) groups is 1. The molecule has 3 rings (SSSR count). The number of hydrogen-bond donors (Lipinski definition) is 2. The Morgan fingerprint density at radius 1 is 0.917 bits per heavy atom. The van der Waals surface area contributed by atoms with Gasteiger partial charge < -0.3 is 5.32 Å². The van der Waals surface area contributed by atoms with E-state index in [1.54, 1.807) is 31.7 Å². The van der Waals surface area contributed by atoms with Crippen molar-refractivity contribution in [2.45, 2.75) is 4.90 Å². The Hall–Kier alpha value is -0.881. The fraction of sp³-hybridized carbons (Fsp3) is 0. The van der Waals surface area contributed by atoms with Crippen LogP contribution in [0.25, 0.3) is 0 Å². The van der Waals surface area contributed by atoms with Crippen molar-refractivity contribution in [2.75, 3.05) is 5.32 Å². The van der Waals surface area contributed by atoms with E-state index >= 15 is 0 Å². The van der Waals surface area contributed by atoms with Gasteiger partial charge in [-0.15, -0.1) is 0 Å². The van der Waals surface area contributed by atoms with Crippen LogP contribution in [-0.2, 0) is 31.9 Å². The van der Waals surface area contributed by atoms with Crippen molar-refractivity contribution in [1.29, 1.82) is 0 Å². The molecule has 0 saturated heterocycles. The molecule has 2 aliphatic rings. The summed E-state index contributed by atoms with van der Waals surface area (Å²) in [5.74, 6) is 0.211. The predicted molar refractivity (Wildman–Crippen MR) is 88.4 cm³/mol. The summed E-state index contributed by atoms with van der Waals surface area (Å²) in [4.78, 5) is 11.7. The molecule has 24 heavy (non-hydrogen) atoms. The summed E-state index contributed by atoms with van der Waals surface area (Å²) in [5.41, 5.74) is 0.382. The van der Waals surface area contributed by atoms with Gasteiger partial charge in [0.1, 0.15) is 0 Å². The molecule has 0 heterocycles. The quantitative estimate of drug-likeness (QED) is 0.778. The molecule has 2 fully saturated rings. The number of primary sulfonamides is 1. The van der Waals surface area contributed by atoms with Crippen molar-refractivity contribution in [3.05, 3.63) is 88.0 Å². The summed E-state index contributed by atoms with van der Waals surface area (Å²) >= 11 is 0. The Morgan fingerprint density at radius 3 is 1.96 bits per heavy atom. The summed E-state index contributed by atoms with van der Waals surface area (Å²) in [6.45, 7) is 0. The largest absolute Gasteiger partial charge is 2.00 e. The van der Waals surface area contributed by atoms with Gasteiger partial charge in [0, 0.05) is 5.69 Å². The van der Waals surface area contributed by atoms with Gasteiger partial charge in [0.25, 0.3) is 0 Å². The number of anilines is 1. The normalized spacial score (nSPS) is 17.5. The molecule has 3 N–H and O–H groups in total. The van der Waals surface area contributed by atoms with Crippen LogP contribution in [0.1, 0.15) is 0 Å². The van der Waals surface area contributed by atoms with Crippen LogP contribution in [0, 0.1) is 63.7 Å². The number of nitrogens with one attached hydrogen (secondary N) is 1. The zero-order valence-corrected chi connectivity index (χ0v) is 14.5. The average molecular weight is 384 g/mol. The number of amides is 1. The standard InChI is InChI=1S/C12H11N2O3S.C5H5.Fe/c13-18(16,17)11-7-3-6-10(8-11)14-12(15)9-4-1-2-5-9;1-2-4-5-3-1;/h1-8H,(H,14,15)(H2,13,16,17);1-5H;/q;;+2. The van der Waals surface area contributed by atoms with Crippen molar-refractivity contribution in [2.24, 2.45) is 5.14 Å². The summed E-state index contributed by atoms with van der Waals surface area (Å²) in [7, 11) is -3.77. The molecule has 1 aromatic rings. The number of carbonyl (C=O) groups excluding carboxylic acids is 1. The molecule has 2 aliphatic carbocycles. The second-order valence-electron chi connectivity index (χ2n) is 4.66. The summed E-state index contributed by atoms with van der Waals surface area (Å²) in [6.07, 6.45) is 16.8. The van der Waals surface area contributed by atoms with Crippen molar-refractivity contribution in [3.63, 3.8) is 0 Å². The molecular formula is C17H16FeN2O3S+2. The van der Waals surface area contributed by atoms with Crippen LogP contribution in [0.15, 0.2) is 29.2 Å². The number of rotatable bonds is 3. The van der Waals surface area contributed by atoms with Crippen LogP contribution in [0.2, 0.25) is 0 Å². The molecule has 0 bridgehead atoms. The molecule has 1 amide bonds. The van der Waals surface area contributed by atoms with E-state index in [4.69, 9.17) is 5.14 Å². The van der Waals surface area contributed by atoms with Gasteiger partial charge in [-0.05, 0) is 76.0 Å². The van der Waals surface area contributed by atoms with Gasteiger partial charge in [-0.25, -0.2) is 13.6 Å². The number of nitrogens with two attached hydrogens (primary N) is 1. The molecule has 1 aromatic carbocycles. The molecule has 2 saturated carbocycles. The maximum absolute atomic E-state index is 11.7. The van der Waals surface area contributed by atoms with Gasteiger partial charge in [0.2, 0.25) is 15.9 Å². The van der Waals surface area contributed by atoms with Crippen molar-refractivity contribution >= 4 is 21.6 Å². The first-order valence-electron chi connectivity index (χ1n) is 6.79. The van der Waals surface area contributed by atoms with Crippen molar-refractivity contribution in [1.82, 2.24) is 0 Å². The molecule has 7 heteroatoms. The molecule has 0 unspecified atom stereocenters. The van der Waals surface area contributed by atoms with Crippen molar-refractivity contribution in [3.8, 4) is 0 Å². The van der Waals surface area contributed by atoms with E-state index in [0.717, 1.165) is 0 Å². The van der Waals surface area contributed by atoms with Crippen LogP contribution in [0.4, 0.5) is 5.69 Å². The smallest absolute Gasteiger partial charge is 0.326 e. The minimum absolute atomic E-state index is 0. The Morgan fingerprint density at radius 2 is 1.46 bits per heavy atom. The average Bonchev–Trinajstić information content (AvgIpc) is 3.23. The first kappa shape index (κ1) is 21.2. The van der Waals surface area contributed by atoms with Gasteiger partial charge in [0.15, 0.2) is 0 Å². The molecule has 124 valence electrons. The zero-order chi connectivity index (χ0) is 16.7. The number of sulfonamides is 1. The number of hydrogen-bond acceptors (Lipinski definition) is 3. The maximum atomic E-state index is 11.7. The van der Waals surface area contributed by atoms with E-state index in [1.807, 2.05) is 32.1 Å². The number of benzene rings is 1. The summed E-state index contributed by atoms with van der Waals surface area (Å²) in [6, 6.07) is 5.79. The van der Waals surface area contributed by atoms with E-state index in [0.29, 0.717) is 11.6 Å². The Bertz CT molecular complexity index is 617. The predicted octanol–water partition coefficient (Wildman–Crippen LogP) is 1.70. The van der Waals surface area contributed by atoms with Crippen LogP contribution in [0.3, 0.4) is 0 Å². The van der Waals surface area contributed by atoms with Crippen LogP contribution >= 0.6 is 0 Å². The van der Waals surface area contributed by atoms with Gasteiger partial charge in [-0.1, -0.05) is 6.07 Å². The third-order valence-corrected chi connectivity index (χ3v) is 3.81. The molecule has 0 aromatic heterocycles. The van der Waals surface area contributed by atoms with Gasteiger partial charge in [0.05, 0.1) is 10.8 Å². The van der Waals surface area contributed by atoms with E-state index in [2.05, 4.69) is 5.32 Å². The minimum Gasteiger partial charge on any atom is -0.326 e. The van der Waals surface area contributed by atoms with E-state index < -0.39 is 10.0 Å². The van der Waals surface area contributed by atoms with Gasteiger partial charge in [-0.2, -0.15) is 0 Å². The third kappa shape index (κ3) is 6.93. The Kier molecular flexibility index (Phi) is 8.98. The van der Waals surface area contributed by atoms with Crippen LogP contribution in [0.5, 0.6) is 0 Å². The minimum atomic E-state index is -3.77. The fourth-order valence-electron chi connectivity index (χ4n) is 1.80. The van der Waals surface area contributed by atoms with Crippen molar-refractivity contribution < 1.29 is 30.3 Å². The van der Waals surface area contributed by atoms with E-state index in [9.17, 15) is 13.2 Å². The first-order valence-corrected chi connectivity index (χ1v) is 8.34. The van der Waals surface area contributed by atoms with Gasteiger partial charge in [-0.3, -0.25) is 4.79 Å². The Labute approximate surface area is 155 Å². The molecule has 10 radical (unpaired) electrons. The molecule has 0 spiro atoms. The zero-order valence-electron chi connectivity index (χ0n) is 12.6. The van der Waals surface area contributed by atoms with Crippen LogP contribution in [-0.4, -0.2) is 14.3 Å². The monoisotopic (exact) mass is 384 g/mol. The second-order valence-corrected chi connectivity index (χ2v) is 6.22. The summed E-state index contributed by atoms with van der Waals surface area (Å²) in [5, 5.41) is 7.61. The Balaban J connectivity index is 0.000000412. The van der Waals surface area contributed by atoms with E-state index in [-0.39, 0.29) is 27.9 Å². The molecule has 5 nitrogen and oxygen atoms in total. The molecular weight excluding hydrogens is 368 g/mol. The van der Waals surface area contributed by atoms with Crippen LogP contribution < -0.4 is 10.5 Å². The molecule has 0 aliphatic heterocycles. The van der Waals surface area contributed by atoms with Gasteiger partial charge >= 0.3 is 17.1 Å². The fourth-order valence-corrected chi connectivity index (χ4v) is 2.36. The molecule has 0 atom stereocenters. The third-order valence-electron chi connectivity index (χ3n) is 2.90.